The standard InChI is InChI=1S/C27H30ClN3O2S/c1-15(2)31-23-10-16(3)18(11-21(23)17(4)14-27(31,5)6)12-22-24(32)29-26(34)30(25(22)33)20-9-7-8-19(28)13-20/h7-13,15,17H,14H2,1-6H3,(H,29,32,34)/b22-12+/t17-/m1/s1. The summed E-state index contributed by atoms with van der Waals surface area (Å²) in [5, 5.41) is 3.17. The van der Waals surface area contributed by atoms with E-state index >= 15 is 0 Å². The van der Waals surface area contributed by atoms with E-state index in [1.807, 2.05) is 6.92 Å². The summed E-state index contributed by atoms with van der Waals surface area (Å²) in [6, 6.07) is 11.5. The monoisotopic (exact) mass is 495 g/mol. The molecule has 2 aliphatic heterocycles. The van der Waals surface area contributed by atoms with Crippen molar-refractivity contribution in [1.29, 1.82) is 0 Å². The number of thiocarbonyl (C=S) groups is 1. The van der Waals surface area contributed by atoms with E-state index in [4.69, 9.17) is 23.8 Å². The number of anilines is 2. The zero-order valence-corrected chi connectivity index (χ0v) is 22.0. The molecule has 2 aliphatic rings. The summed E-state index contributed by atoms with van der Waals surface area (Å²) in [4.78, 5) is 30.0. The molecule has 1 N–H and O–H groups in total. The Morgan fingerprint density at radius 3 is 2.56 bits per heavy atom. The average Bonchev–Trinajstić information content (AvgIpc) is 2.70. The predicted molar refractivity (Wildman–Crippen MR) is 144 cm³/mol. The van der Waals surface area contributed by atoms with Crippen molar-refractivity contribution in [2.24, 2.45) is 0 Å². The molecule has 0 bridgehead atoms. The predicted octanol–water partition coefficient (Wildman–Crippen LogP) is 5.98. The topological polar surface area (TPSA) is 52.7 Å². The van der Waals surface area contributed by atoms with Crippen molar-refractivity contribution >= 4 is 58.2 Å². The number of rotatable bonds is 3. The highest BCUT2D eigenvalue weighted by molar-refractivity contribution is 7.80. The van der Waals surface area contributed by atoms with Crippen LogP contribution in [0.25, 0.3) is 6.08 Å². The molecule has 2 aromatic rings. The van der Waals surface area contributed by atoms with Crippen LogP contribution in [0.15, 0.2) is 42.0 Å². The van der Waals surface area contributed by atoms with Gasteiger partial charge in [0.15, 0.2) is 5.11 Å². The van der Waals surface area contributed by atoms with Crippen molar-refractivity contribution in [3.63, 3.8) is 0 Å². The highest BCUT2D eigenvalue weighted by Crippen LogP contribution is 2.45. The van der Waals surface area contributed by atoms with Gasteiger partial charge in [-0.15, -0.1) is 0 Å². The van der Waals surface area contributed by atoms with Gasteiger partial charge in [0.2, 0.25) is 0 Å². The first-order valence-electron chi connectivity index (χ1n) is 11.5. The van der Waals surface area contributed by atoms with E-state index in [9.17, 15) is 9.59 Å². The minimum Gasteiger partial charge on any atom is -0.364 e. The fourth-order valence-electron chi connectivity index (χ4n) is 5.41. The molecule has 1 atom stereocenters. The zero-order chi connectivity index (χ0) is 24.9. The number of nitrogens with zero attached hydrogens (tertiary/aromatic N) is 2. The van der Waals surface area contributed by atoms with Gasteiger partial charge in [0.25, 0.3) is 11.8 Å². The summed E-state index contributed by atoms with van der Waals surface area (Å²) >= 11 is 11.4. The number of hydrogen-bond acceptors (Lipinski definition) is 4. The molecule has 7 heteroatoms. The Morgan fingerprint density at radius 1 is 1.21 bits per heavy atom. The van der Waals surface area contributed by atoms with Gasteiger partial charge in [-0.3, -0.25) is 19.8 Å². The molecular formula is C27H30ClN3O2S. The van der Waals surface area contributed by atoms with Crippen LogP contribution in [-0.4, -0.2) is 28.5 Å². The van der Waals surface area contributed by atoms with Gasteiger partial charge in [-0.05, 0) is 112 Å². The molecule has 0 unspecified atom stereocenters. The van der Waals surface area contributed by atoms with Gasteiger partial charge in [0.1, 0.15) is 5.57 Å². The van der Waals surface area contributed by atoms with E-state index < -0.39 is 11.8 Å². The Labute approximate surface area is 211 Å². The Balaban J connectivity index is 1.79. The van der Waals surface area contributed by atoms with E-state index in [0.29, 0.717) is 22.7 Å². The Bertz CT molecular complexity index is 1230. The van der Waals surface area contributed by atoms with Crippen LogP contribution in [0.1, 0.15) is 63.6 Å². The lowest BCUT2D eigenvalue weighted by molar-refractivity contribution is -0.122. The largest absolute Gasteiger partial charge is 0.364 e. The van der Waals surface area contributed by atoms with Crippen molar-refractivity contribution in [2.75, 3.05) is 9.80 Å². The molecule has 34 heavy (non-hydrogen) atoms. The van der Waals surface area contributed by atoms with Crippen molar-refractivity contribution in [1.82, 2.24) is 5.32 Å². The molecule has 0 saturated carbocycles. The summed E-state index contributed by atoms with van der Waals surface area (Å²) in [7, 11) is 0. The van der Waals surface area contributed by atoms with Gasteiger partial charge < -0.3 is 4.90 Å². The SMILES string of the molecule is Cc1cc2c(cc1/C=C1\C(=O)NC(=S)N(c3cccc(Cl)c3)C1=O)[C@H](C)CC(C)(C)N2C(C)C. The molecule has 0 radical (unpaired) electrons. The van der Waals surface area contributed by atoms with Crippen molar-refractivity contribution in [3.05, 3.63) is 63.7 Å². The number of halogens is 1. The maximum absolute atomic E-state index is 13.4. The minimum atomic E-state index is -0.497. The van der Waals surface area contributed by atoms with Crippen molar-refractivity contribution < 1.29 is 9.59 Å². The Kier molecular flexibility index (Phi) is 6.34. The smallest absolute Gasteiger partial charge is 0.270 e. The van der Waals surface area contributed by atoms with Crippen LogP contribution in [0.4, 0.5) is 11.4 Å². The van der Waals surface area contributed by atoms with E-state index in [1.165, 1.54) is 16.2 Å². The molecule has 2 amide bonds. The quantitative estimate of drug-likeness (QED) is 0.323. The van der Waals surface area contributed by atoms with Crippen LogP contribution in [0.5, 0.6) is 0 Å². The Hall–Kier alpha value is -2.70. The number of fused-ring (bicyclic) bond motifs is 1. The van der Waals surface area contributed by atoms with Crippen LogP contribution in [0.3, 0.4) is 0 Å². The van der Waals surface area contributed by atoms with Gasteiger partial charge >= 0.3 is 0 Å². The van der Waals surface area contributed by atoms with Crippen LogP contribution in [0, 0.1) is 6.92 Å². The van der Waals surface area contributed by atoms with E-state index in [2.05, 4.69) is 57.0 Å². The maximum atomic E-state index is 13.4. The van der Waals surface area contributed by atoms with E-state index in [0.717, 1.165) is 17.5 Å². The van der Waals surface area contributed by atoms with Crippen LogP contribution >= 0.6 is 23.8 Å². The van der Waals surface area contributed by atoms with E-state index in [1.54, 1.807) is 30.3 Å². The average molecular weight is 496 g/mol. The lowest BCUT2D eigenvalue weighted by Crippen LogP contribution is -2.54. The lowest BCUT2D eigenvalue weighted by atomic mass is 9.78. The number of benzene rings is 2. The highest BCUT2D eigenvalue weighted by Gasteiger charge is 2.38. The second-order valence-electron chi connectivity index (χ2n) is 10.1. The fourth-order valence-corrected chi connectivity index (χ4v) is 5.87. The third kappa shape index (κ3) is 4.25. The molecule has 0 aromatic heterocycles. The summed E-state index contributed by atoms with van der Waals surface area (Å²) in [6.07, 6.45) is 2.70. The van der Waals surface area contributed by atoms with Crippen LogP contribution < -0.4 is 15.1 Å². The third-order valence-electron chi connectivity index (χ3n) is 6.65. The van der Waals surface area contributed by atoms with Crippen molar-refractivity contribution in [3.8, 4) is 0 Å². The molecule has 5 nitrogen and oxygen atoms in total. The van der Waals surface area contributed by atoms with Gasteiger partial charge in [-0.2, -0.15) is 0 Å². The summed E-state index contributed by atoms with van der Waals surface area (Å²) in [5.41, 5.74) is 4.91. The molecule has 178 valence electrons. The second-order valence-corrected chi connectivity index (χ2v) is 10.9. The first-order chi connectivity index (χ1) is 15.9. The highest BCUT2D eigenvalue weighted by atomic mass is 35.5. The molecule has 1 fully saturated rings. The van der Waals surface area contributed by atoms with Gasteiger partial charge in [0.05, 0.1) is 5.69 Å². The third-order valence-corrected chi connectivity index (χ3v) is 7.17. The zero-order valence-electron chi connectivity index (χ0n) is 20.4. The number of amides is 2. The van der Waals surface area contributed by atoms with Crippen LogP contribution in [-0.2, 0) is 9.59 Å². The first kappa shape index (κ1) is 24.4. The van der Waals surface area contributed by atoms with Gasteiger partial charge in [0, 0.05) is 22.3 Å². The normalized spacial score (nSPS) is 21.2. The Morgan fingerprint density at radius 2 is 1.91 bits per heavy atom. The van der Waals surface area contributed by atoms with Gasteiger partial charge in [-0.25, -0.2) is 0 Å². The summed E-state index contributed by atoms with van der Waals surface area (Å²) in [5.74, 6) is -0.612. The molecule has 2 aromatic carbocycles. The minimum absolute atomic E-state index is 0.0411. The summed E-state index contributed by atoms with van der Waals surface area (Å²) in [6.45, 7) is 13.3. The molecular weight excluding hydrogens is 466 g/mol. The molecule has 2 heterocycles. The van der Waals surface area contributed by atoms with Gasteiger partial charge in [-0.1, -0.05) is 24.6 Å². The molecule has 0 spiro atoms. The van der Waals surface area contributed by atoms with Crippen molar-refractivity contribution in [2.45, 2.75) is 65.5 Å². The number of carbonyl (C=O) groups excluding carboxylic acids is 2. The van der Waals surface area contributed by atoms with E-state index in [-0.39, 0.29) is 16.2 Å². The number of hydrogen-bond donors (Lipinski definition) is 1. The molecule has 1 saturated heterocycles. The summed E-state index contributed by atoms with van der Waals surface area (Å²) < 4.78 is 0. The maximum Gasteiger partial charge on any atom is 0.270 e. The first-order valence-corrected chi connectivity index (χ1v) is 12.3. The fraction of sp³-hybridized carbons (Fsp3) is 0.370. The number of nitrogens with one attached hydrogen (secondary N) is 1. The number of carbonyl (C=O) groups is 2. The second kappa shape index (κ2) is 8.82. The number of aryl methyl sites for hydroxylation is 1. The molecule has 4 rings (SSSR count). The lowest BCUT2D eigenvalue weighted by Gasteiger charge is -2.50. The molecule has 0 aliphatic carbocycles. The van der Waals surface area contributed by atoms with Crippen LogP contribution in [0.2, 0.25) is 5.02 Å².